The fourth-order valence-electron chi connectivity index (χ4n) is 1.51. The molecule has 0 fully saturated rings. The van der Waals surface area contributed by atoms with E-state index in [-0.39, 0.29) is 0 Å². The van der Waals surface area contributed by atoms with E-state index in [1.54, 1.807) is 11.8 Å². The first kappa shape index (κ1) is 12.0. The predicted octanol–water partition coefficient (Wildman–Crippen LogP) is 3.74. The summed E-state index contributed by atoms with van der Waals surface area (Å²) in [5, 5.41) is 0.883. The Morgan fingerprint density at radius 1 is 1.00 bits per heavy atom. The first-order chi connectivity index (χ1) is 8.06. The van der Waals surface area contributed by atoms with Crippen molar-refractivity contribution in [2.45, 2.75) is 30.7 Å². The van der Waals surface area contributed by atoms with Gasteiger partial charge in [-0.1, -0.05) is 17.8 Å². The molecule has 2 N–H and O–H groups in total. The molecule has 0 saturated carbocycles. The molecular weight excluding hydrogens is 228 g/mol. The zero-order valence-corrected chi connectivity index (χ0v) is 11.1. The summed E-state index contributed by atoms with van der Waals surface area (Å²) in [6.45, 7) is 6.21. The van der Waals surface area contributed by atoms with Crippen molar-refractivity contribution in [1.82, 2.24) is 4.98 Å². The maximum absolute atomic E-state index is 5.92. The first-order valence-electron chi connectivity index (χ1n) is 5.54. The van der Waals surface area contributed by atoms with E-state index in [1.165, 1.54) is 16.0 Å². The smallest absolute Gasteiger partial charge is 0.124 e. The second-order valence-electron chi connectivity index (χ2n) is 4.20. The van der Waals surface area contributed by atoms with E-state index >= 15 is 0 Å². The van der Waals surface area contributed by atoms with Gasteiger partial charge in [0.05, 0.1) is 5.69 Å². The predicted molar refractivity (Wildman–Crippen MR) is 73.4 cm³/mol. The van der Waals surface area contributed by atoms with Crippen LogP contribution in [0, 0.1) is 20.8 Å². The number of aromatic nitrogens is 1. The monoisotopic (exact) mass is 244 g/mol. The highest BCUT2D eigenvalue weighted by Crippen LogP contribution is 2.31. The van der Waals surface area contributed by atoms with Crippen LogP contribution in [0.2, 0.25) is 0 Å². The van der Waals surface area contributed by atoms with Crippen molar-refractivity contribution in [3.8, 4) is 0 Å². The lowest BCUT2D eigenvalue weighted by Gasteiger charge is -2.07. The van der Waals surface area contributed by atoms with E-state index in [2.05, 4.69) is 37.0 Å². The Morgan fingerprint density at radius 3 is 2.47 bits per heavy atom. The minimum atomic E-state index is 0.735. The molecule has 0 unspecified atom stereocenters. The van der Waals surface area contributed by atoms with Crippen LogP contribution in [0.5, 0.6) is 0 Å². The van der Waals surface area contributed by atoms with Gasteiger partial charge in [-0.15, -0.1) is 0 Å². The van der Waals surface area contributed by atoms with Crippen molar-refractivity contribution in [2.24, 2.45) is 0 Å². The highest BCUT2D eigenvalue weighted by Gasteiger charge is 2.05. The van der Waals surface area contributed by atoms with E-state index in [0.717, 1.165) is 16.4 Å². The molecule has 0 aliphatic heterocycles. The minimum Gasteiger partial charge on any atom is -0.397 e. The quantitative estimate of drug-likeness (QED) is 0.874. The number of nitrogens with two attached hydrogens (primary N) is 1. The summed E-state index contributed by atoms with van der Waals surface area (Å²) in [5.74, 6) is 0. The molecule has 2 rings (SSSR count). The number of nitrogens with zero attached hydrogens (tertiary/aromatic N) is 1. The Bertz CT molecular complexity index is 550. The van der Waals surface area contributed by atoms with Crippen molar-refractivity contribution < 1.29 is 0 Å². The average Bonchev–Trinajstić information content (AvgIpc) is 2.29. The molecule has 0 atom stereocenters. The molecule has 3 heteroatoms. The fraction of sp³-hybridized carbons (Fsp3) is 0.214. The average molecular weight is 244 g/mol. The van der Waals surface area contributed by atoms with E-state index in [9.17, 15) is 0 Å². The lowest BCUT2D eigenvalue weighted by molar-refractivity contribution is 1.07. The van der Waals surface area contributed by atoms with E-state index < -0.39 is 0 Å². The van der Waals surface area contributed by atoms with Gasteiger partial charge in [0, 0.05) is 10.6 Å². The Kier molecular flexibility index (Phi) is 3.38. The van der Waals surface area contributed by atoms with Gasteiger partial charge < -0.3 is 5.73 Å². The van der Waals surface area contributed by atoms with Crippen LogP contribution in [-0.2, 0) is 0 Å². The number of benzene rings is 1. The fourth-order valence-corrected chi connectivity index (χ4v) is 2.49. The molecule has 0 saturated heterocycles. The molecule has 1 aromatic carbocycles. The van der Waals surface area contributed by atoms with Gasteiger partial charge >= 0.3 is 0 Å². The number of aryl methyl sites for hydroxylation is 3. The van der Waals surface area contributed by atoms with Gasteiger partial charge in [0.25, 0.3) is 0 Å². The molecule has 0 aliphatic carbocycles. The maximum atomic E-state index is 5.92. The molecule has 88 valence electrons. The summed E-state index contributed by atoms with van der Waals surface area (Å²) in [7, 11) is 0. The van der Waals surface area contributed by atoms with Gasteiger partial charge in [-0.05, 0) is 56.2 Å². The van der Waals surface area contributed by atoms with Crippen LogP contribution in [0.25, 0.3) is 0 Å². The maximum Gasteiger partial charge on any atom is 0.124 e. The molecule has 17 heavy (non-hydrogen) atoms. The number of hydrogen-bond donors (Lipinski definition) is 1. The van der Waals surface area contributed by atoms with E-state index in [0.29, 0.717) is 0 Å². The number of rotatable bonds is 2. The van der Waals surface area contributed by atoms with Gasteiger partial charge in [0.2, 0.25) is 0 Å². The van der Waals surface area contributed by atoms with Crippen LogP contribution >= 0.6 is 11.8 Å². The third-order valence-electron chi connectivity index (χ3n) is 2.72. The molecule has 0 radical (unpaired) electrons. The van der Waals surface area contributed by atoms with Gasteiger partial charge in [0.15, 0.2) is 0 Å². The van der Waals surface area contributed by atoms with Crippen molar-refractivity contribution in [2.75, 3.05) is 5.73 Å². The zero-order chi connectivity index (χ0) is 12.4. The van der Waals surface area contributed by atoms with Gasteiger partial charge in [-0.2, -0.15) is 0 Å². The normalized spacial score (nSPS) is 10.5. The van der Waals surface area contributed by atoms with Crippen molar-refractivity contribution in [1.29, 1.82) is 0 Å². The molecular formula is C14H16N2S. The molecule has 2 nitrogen and oxygen atoms in total. The lowest BCUT2D eigenvalue weighted by Crippen LogP contribution is -1.93. The highest BCUT2D eigenvalue weighted by atomic mass is 32.2. The number of anilines is 1. The van der Waals surface area contributed by atoms with Crippen LogP contribution in [0.3, 0.4) is 0 Å². The van der Waals surface area contributed by atoms with Crippen molar-refractivity contribution in [3.63, 3.8) is 0 Å². The molecule has 2 aromatic rings. The highest BCUT2D eigenvalue weighted by molar-refractivity contribution is 7.99. The largest absolute Gasteiger partial charge is 0.397 e. The molecule has 1 heterocycles. The number of hydrogen-bond acceptors (Lipinski definition) is 3. The van der Waals surface area contributed by atoms with Crippen molar-refractivity contribution in [3.05, 3.63) is 47.2 Å². The summed E-state index contributed by atoms with van der Waals surface area (Å²) in [5.41, 5.74) is 10.2. The van der Waals surface area contributed by atoms with Crippen LogP contribution in [0.1, 0.15) is 16.8 Å². The van der Waals surface area contributed by atoms with E-state index in [1.807, 2.05) is 19.1 Å². The Labute approximate surface area is 106 Å². The van der Waals surface area contributed by atoms with Gasteiger partial charge in [0.1, 0.15) is 5.03 Å². The summed E-state index contributed by atoms with van der Waals surface area (Å²) in [6, 6.07) is 10.2. The third kappa shape index (κ3) is 2.80. The van der Waals surface area contributed by atoms with Crippen LogP contribution < -0.4 is 5.73 Å². The Morgan fingerprint density at radius 2 is 1.76 bits per heavy atom. The van der Waals surface area contributed by atoms with Gasteiger partial charge in [-0.25, -0.2) is 4.98 Å². The van der Waals surface area contributed by atoms with Crippen molar-refractivity contribution >= 4 is 17.4 Å². The lowest BCUT2D eigenvalue weighted by atomic mass is 10.1. The summed E-state index contributed by atoms with van der Waals surface area (Å²) >= 11 is 1.62. The Hall–Kier alpha value is -1.48. The molecule has 1 aromatic heterocycles. The number of nitrogen functional groups attached to an aromatic ring is 1. The first-order valence-corrected chi connectivity index (χ1v) is 6.36. The second-order valence-corrected chi connectivity index (χ2v) is 5.26. The SMILES string of the molecule is Cc1ccc(N)c(Sc2ccc(C)c(C)c2)n1. The molecule has 0 spiro atoms. The number of pyridine rings is 1. The zero-order valence-electron chi connectivity index (χ0n) is 10.3. The molecule has 0 amide bonds. The third-order valence-corrected chi connectivity index (χ3v) is 3.73. The standard InChI is InChI=1S/C14H16N2S/c1-9-4-6-12(8-10(9)2)17-14-13(15)7-5-11(3)16-14/h4-8H,15H2,1-3H3. The molecule has 0 aliphatic rings. The Balaban J connectivity index is 2.31. The second kappa shape index (κ2) is 4.80. The van der Waals surface area contributed by atoms with Gasteiger partial charge in [-0.3, -0.25) is 0 Å². The summed E-state index contributed by atoms with van der Waals surface area (Å²) in [4.78, 5) is 5.64. The topological polar surface area (TPSA) is 38.9 Å². The summed E-state index contributed by atoms with van der Waals surface area (Å²) in [6.07, 6.45) is 0. The minimum absolute atomic E-state index is 0.735. The van der Waals surface area contributed by atoms with Crippen LogP contribution in [0.4, 0.5) is 5.69 Å². The molecule has 0 bridgehead atoms. The van der Waals surface area contributed by atoms with Crippen LogP contribution in [0.15, 0.2) is 40.3 Å². The van der Waals surface area contributed by atoms with Crippen LogP contribution in [-0.4, -0.2) is 4.98 Å². The summed E-state index contributed by atoms with van der Waals surface area (Å²) < 4.78 is 0. The van der Waals surface area contributed by atoms with E-state index in [4.69, 9.17) is 5.73 Å².